The SMILES string of the molecule is O=C(NCc1cccc(C(F)(F)F)c1)c1cc(C(=O)NCc2ccc(F)c(Cl)c2)ncn1. The number of benzene rings is 2. The maximum Gasteiger partial charge on any atom is 0.416 e. The first-order valence-electron chi connectivity index (χ1n) is 9.12. The maximum absolute atomic E-state index is 13.2. The Morgan fingerprint density at radius 3 is 2.03 bits per heavy atom. The average molecular weight is 467 g/mol. The van der Waals surface area contributed by atoms with Crippen molar-refractivity contribution in [2.24, 2.45) is 0 Å². The topological polar surface area (TPSA) is 84.0 Å². The van der Waals surface area contributed by atoms with E-state index in [4.69, 9.17) is 11.6 Å². The van der Waals surface area contributed by atoms with E-state index in [1.165, 1.54) is 30.3 Å². The van der Waals surface area contributed by atoms with Crippen molar-refractivity contribution in [2.75, 3.05) is 0 Å². The summed E-state index contributed by atoms with van der Waals surface area (Å²) in [5.74, 6) is -1.89. The standard InChI is InChI=1S/C21H15ClF4N4O2/c22-15-7-13(4-5-16(15)23)10-28-20(32)18-8-17(29-11-30-18)19(31)27-9-12-2-1-3-14(6-12)21(24,25)26/h1-8,11H,9-10H2,(H,27,31)(H,28,32). The second-order valence-electron chi connectivity index (χ2n) is 6.60. The lowest BCUT2D eigenvalue weighted by atomic mass is 10.1. The number of carbonyl (C=O) groups excluding carboxylic acids is 2. The van der Waals surface area contributed by atoms with Crippen LogP contribution in [0.5, 0.6) is 0 Å². The van der Waals surface area contributed by atoms with E-state index in [9.17, 15) is 27.2 Å². The van der Waals surface area contributed by atoms with Gasteiger partial charge in [-0.2, -0.15) is 13.2 Å². The Balaban J connectivity index is 1.61. The molecule has 0 spiro atoms. The molecule has 0 saturated heterocycles. The van der Waals surface area contributed by atoms with Gasteiger partial charge in [0.25, 0.3) is 11.8 Å². The fourth-order valence-electron chi connectivity index (χ4n) is 2.66. The molecule has 1 heterocycles. The van der Waals surface area contributed by atoms with Crippen LogP contribution in [-0.2, 0) is 19.3 Å². The second kappa shape index (κ2) is 9.73. The molecule has 3 rings (SSSR count). The molecule has 3 aromatic rings. The van der Waals surface area contributed by atoms with E-state index >= 15 is 0 Å². The summed E-state index contributed by atoms with van der Waals surface area (Å²) in [5, 5.41) is 4.92. The smallest absolute Gasteiger partial charge is 0.347 e. The van der Waals surface area contributed by atoms with Crippen LogP contribution in [0.15, 0.2) is 54.9 Å². The number of nitrogens with zero attached hydrogens (tertiary/aromatic N) is 2. The van der Waals surface area contributed by atoms with E-state index in [2.05, 4.69) is 20.6 Å². The van der Waals surface area contributed by atoms with Gasteiger partial charge >= 0.3 is 6.18 Å². The van der Waals surface area contributed by atoms with Gasteiger partial charge in [0, 0.05) is 19.2 Å². The maximum atomic E-state index is 13.2. The number of hydrogen-bond donors (Lipinski definition) is 2. The summed E-state index contributed by atoms with van der Waals surface area (Å²) in [5.41, 5.74) is -0.261. The van der Waals surface area contributed by atoms with Crippen LogP contribution in [0.3, 0.4) is 0 Å². The lowest BCUT2D eigenvalue weighted by Crippen LogP contribution is -2.27. The van der Waals surface area contributed by atoms with Crippen LogP contribution >= 0.6 is 11.6 Å². The minimum atomic E-state index is -4.49. The van der Waals surface area contributed by atoms with Crippen molar-refractivity contribution in [3.63, 3.8) is 0 Å². The fourth-order valence-corrected chi connectivity index (χ4v) is 2.86. The Labute approximate surface area is 184 Å². The quantitative estimate of drug-likeness (QED) is 0.535. The first-order chi connectivity index (χ1) is 15.1. The summed E-state index contributed by atoms with van der Waals surface area (Å²) in [4.78, 5) is 32.2. The Hall–Kier alpha value is -3.53. The highest BCUT2D eigenvalue weighted by Gasteiger charge is 2.30. The van der Waals surface area contributed by atoms with Crippen molar-refractivity contribution in [3.05, 3.63) is 93.8 Å². The molecule has 1 aromatic heterocycles. The van der Waals surface area contributed by atoms with E-state index in [0.29, 0.717) is 5.56 Å². The van der Waals surface area contributed by atoms with Crippen molar-refractivity contribution >= 4 is 23.4 Å². The molecule has 0 bridgehead atoms. The van der Waals surface area contributed by atoms with Crippen molar-refractivity contribution in [1.82, 2.24) is 20.6 Å². The number of rotatable bonds is 6. The van der Waals surface area contributed by atoms with Crippen molar-refractivity contribution in [3.8, 4) is 0 Å². The lowest BCUT2D eigenvalue weighted by molar-refractivity contribution is -0.137. The van der Waals surface area contributed by atoms with E-state index < -0.39 is 29.4 Å². The molecule has 2 aromatic carbocycles. The van der Waals surface area contributed by atoms with E-state index in [-0.39, 0.29) is 35.1 Å². The Morgan fingerprint density at radius 2 is 1.47 bits per heavy atom. The molecule has 0 atom stereocenters. The summed E-state index contributed by atoms with van der Waals surface area (Å²) in [6.45, 7) is -0.125. The first-order valence-corrected chi connectivity index (χ1v) is 9.50. The number of aromatic nitrogens is 2. The number of alkyl halides is 3. The van der Waals surface area contributed by atoms with Crippen molar-refractivity contribution in [2.45, 2.75) is 19.3 Å². The molecule has 11 heteroatoms. The van der Waals surface area contributed by atoms with Crippen LogP contribution in [0.25, 0.3) is 0 Å². The molecule has 0 unspecified atom stereocenters. The largest absolute Gasteiger partial charge is 0.416 e. The lowest BCUT2D eigenvalue weighted by Gasteiger charge is -2.10. The van der Waals surface area contributed by atoms with Crippen LogP contribution in [-0.4, -0.2) is 21.8 Å². The monoisotopic (exact) mass is 466 g/mol. The molecule has 0 aliphatic carbocycles. The van der Waals surface area contributed by atoms with Gasteiger partial charge in [-0.25, -0.2) is 14.4 Å². The fraction of sp³-hybridized carbons (Fsp3) is 0.143. The predicted octanol–water partition coefficient (Wildman–Crippen LogP) is 4.15. The molecular weight excluding hydrogens is 452 g/mol. The highest BCUT2D eigenvalue weighted by Crippen LogP contribution is 2.29. The molecule has 166 valence electrons. The number of halogens is 5. The highest BCUT2D eigenvalue weighted by atomic mass is 35.5. The van der Waals surface area contributed by atoms with Gasteiger partial charge in [0.05, 0.1) is 10.6 Å². The van der Waals surface area contributed by atoms with Gasteiger partial charge in [-0.05, 0) is 35.4 Å². The molecule has 6 nitrogen and oxygen atoms in total. The van der Waals surface area contributed by atoms with Crippen LogP contribution in [0, 0.1) is 5.82 Å². The third-order valence-electron chi connectivity index (χ3n) is 4.28. The van der Waals surface area contributed by atoms with Crippen LogP contribution in [0.1, 0.15) is 37.7 Å². The van der Waals surface area contributed by atoms with Gasteiger partial charge in [0.2, 0.25) is 0 Å². The molecule has 0 saturated carbocycles. The molecule has 32 heavy (non-hydrogen) atoms. The van der Waals surface area contributed by atoms with E-state index in [0.717, 1.165) is 24.5 Å². The Morgan fingerprint density at radius 1 is 0.875 bits per heavy atom. The van der Waals surface area contributed by atoms with Gasteiger partial charge in [-0.15, -0.1) is 0 Å². The summed E-state index contributed by atoms with van der Waals surface area (Å²) in [7, 11) is 0. The second-order valence-corrected chi connectivity index (χ2v) is 7.01. The number of hydrogen-bond acceptors (Lipinski definition) is 4. The summed E-state index contributed by atoms with van der Waals surface area (Å²) < 4.78 is 51.6. The average Bonchev–Trinajstić information content (AvgIpc) is 2.77. The van der Waals surface area contributed by atoms with Gasteiger partial charge in [-0.1, -0.05) is 29.8 Å². The molecular formula is C21H15ClF4N4O2. The summed E-state index contributed by atoms with van der Waals surface area (Å²) in [6.07, 6.45) is -3.48. The molecule has 0 aliphatic heterocycles. The van der Waals surface area contributed by atoms with Gasteiger partial charge in [-0.3, -0.25) is 9.59 Å². The van der Waals surface area contributed by atoms with E-state index in [1.807, 2.05) is 0 Å². The minimum Gasteiger partial charge on any atom is -0.347 e. The molecule has 2 N–H and O–H groups in total. The zero-order valence-corrected chi connectivity index (χ0v) is 17.0. The zero-order chi connectivity index (χ0) is 23.3. The number of nitrogens with one attached hydrogen (secondary N) is 2. The third-order valence-corrected chi connectivity index (χ3v) is 4.57. The molecule has 2 amide bonds. The third kappa shape index (κ3) is 6.01. The zero-order valence-electron chi connectivity index (χ0n) is 16.2. The van der Waals surface area contributed by atoms with Gasteiger partial charge < -0.3 is 10.6 Å². The highest BCUT2D eigenvalue weighted by molar-refractivity contribution is 6.30. The normalized spacial score (nSPS) is 11.2. The summed E-state index contributed by atoms with van der Waals surface area (Å²) >= 11 is 5.70. The van der Waals surface area contributed by atoms with Crippen LogP contribution in [0.2, 0.25) is 5.02 Å². The number of carbonyl (C=O) groups is 2. The molecule has 0 radical (unpaired) electrons. The Bertz CT molecular complexity index is 1150. The minimum absolute atomic E-state index is 0.0416. The predicted molar refractivity (Wildman–Crippen MR) is 107 cm³/mol. The summed E-state index contributed by atoms with van der Waals surface area (Å²) in [6, 6.07) is 9.68. The van der Waals surface area contributed by atoms with Crippen LogP contribution in [0.4, 0.5) is 17.6 Å². The van der Waals surface area contributed by atoms with Gasteiger partial charge in [0.1, 0.15) is 23.5 Å². The Kier molecular flexibility index (Phi) is 7.04. The van der Waals surface area contributed by atoms with Crippen molar-refractivity contribution < 1.29 is 27.2 Å². The van der Waals surface area contributed by atoms with E-state index in [1.54, 1.807) is 0 Å². The van der Waals surface area contributed by atoms with Crippen LogP contribution < -0.4 is 10.6 Å². The van der Waals surface area contributed by atoms with Crippen molar-refractivity contribution in [1.29, 1.82) is 0 Å². The van der Waals surface area contributed by atoms with Gasteiger partial charge in [0.15, 0.2) is 0 Å². The first kappa shape index (κ1) is 23.1. The molecule has 0 aliphatic rings. The number of amides is 2. The molecule has 0 fully saturated rings.